The number of primary amides is 1. The van der Waals surface area contributed by atoms with Crippen molar-refractivity contribution in [3.05, 3.63) is 33.5 Å². The Morgan fingerprint density at radius 3 is 2.48 bits per heavy atom. The molecule has 2 aromatic heterocycles. The number of ether oxygens (including phenoxy) is 2. The fraction of sp³-hybridized carbons (Fsp3) is 0.389. The van der Waals surface area contributed by atoms with Gasteiger partial charge in [-0.05, 0) is 33.3 Å². The zero-order chi connectivity index (χ0) is 21.9. The maximum absolute atomic E-state index is 12.6. The number of nitrogens with two attached hydrogens (primary N) is 1. The van der Waals surface area contributed by atoms with Gasteiger partial charge in [-0.15, -0.1) is 11.3 Å². The van der Waals surface area contributed by atoms with E-state index in [1.165, 1.54) is 17.8 Å². The number of anilines is 1. The minimum Gasteiger partial charge on any atom is -0.461 e. The number of amides is 2. The van der Waals surface area contributed by atoms with Crippen LogP contribution in [0, 0.1) is 6.92 Å². The van der Waals surface area contributed by atoms with E-state index in [-0.39, 0.29) is 33.4 Å². The molecule has 0 atom stereocenters. The highest BCUT2D eigenvalue weighted by Crippen LogP contribution is 2.34. The molecular weight excluding hydrogens is 400 g/mol. The first-order chi connectivity index (χ1) is 13.6. The number of nitrogens with one attached hydrogen (secondary N) is 1. The fourth-order valence-electron chi connectivity index (χ4n) is 2.50. The SMILES string of the molecule is CCOC(=O)c1cc(C(=O)Nc2sc(C(N)=O)c(C)c2C(=O)OC(C)C)nn1C. The van der Waals surface area contributed by atoms with Crippen molar-refractivity contribution >= 4 is 40.1 Å². The normalized spacial score (nSPS) is 10.7. The first-order valence-electron chi connectivity index (χ1n) is 8.73. The Bertz CT molecular complexity index is 975. The minimum atomic E-state index is -0.728. The molecular formula is C18H22N4O6S. The lowest BCUT2D eigenvalue weighted by atomic mass is 10.1. The number of hydrogen-bond donors (Lipinski definition) is 2. The second kappa shape index (κ2) is 8.86. The van der Waals surface area contributed by atoms with Gasteiger partial charge in [-0.1, -0.05) is 0 Å². The summed E-state index contributed by atoms with van der Waals surface area (Å²) in [6.07, 6.45) is -0.398. The number of esters is 2. The van der Waals surface area contributed by atoms with E-state index >= 15 is 0 Å². The van der Waals surface area contributed by atoms with Crippen LogP contribution in [0.2, 0.25) is 0 Å². The maximum Gasteiger partial charge on any atom is 0.356 e. The molecule has 0 unspecified atom stereocenters. The summed E-state index contributed by atoms with van der Waals surface area (Å²) in [5.74, 6) is -2.71. The zero-order valence-electron chi connectivity index (χ0n) is 16.7. The second-order valence-electron chi connectivity index (χ2n) is 6.29. The van der Waals surface area contributed by atoms with Crippen LogP contribution in [0.15, 0.2) is 6.07 Å². The third kappa shape index (κ3) is 4.80. The summed E-state index contributed by atoms with van der Waals surface area (Å²) in [4.78, 5) is 48.8. The summed E-state index contributed by atoms with van der Waals surface area (Å²) in [7, 11) is 1.49. The van der Waals surface area contributed by atoms with Gasteiger partial charge in [0.1, 0.15) is 10.7 Å². The molecule has 0 aromatic carbocycles. The monoisotopic (exact) mass is 422 g/mol. The molecule has 11 heteroatoms. The quantitative estimate of drug-likeness (QED) is 0.649. The first-order valence-corrected chi connectivity index (χ1v) is 9.55. The lowest BCUT2D eigenvalue weighted by Gasteiger charge is -2.10. The van der Waals surface area contributed by atoms with Gasteiger partial charge in [0.15, 0.2) is 5.69 Å². The summed E-state index contributed by atoms with van der Waals surface area (Å²) in [6.45, 7) is 6.74. The number of thiophene rings is 1. The van der Waals surface area contributed by atoms with Crippen molar-refractivity contribution in [1.82, 2.24) is 9.78 Å². The van der Waals surface area contributed by atoms with E-state index in [0.29, 0.717) is 5.56 Å². The minimum absolute atomic E-state index is 0.0485. The summed E-state index contributed by atoms with van der Waals surface area (Å²) in [5, 5.41) is 6.66. The molecule has 0 aliphatic rings. The highest BCUT2D eigenvalue weighted by molar-refractivity contribution is 7.18. The highest BCUT2D eigenvalue weighted by Gasteiger charge is 2.27. The molecule has 0 saturated carbocycles. The van der Waals surface area contributed by atoms with Gasteiger partial charge in [0, 0.05) is 13.1 Å². The molecule has 0 bridgehead atoms. The lowest BCUT2D eigenvalue weighted by Crippen LogP contribution is -2.17. The Morgan fingerprint density at radius 1 is 1.28 bits per heavy atom. The predicted octanol–water partition coefficient (Wildman–Crippen LogP) is 1.88. The average molecular weight is 422 g/mol. The summed E-state index contributed by atoms with van der Waals surface area (Å²) in [6, 6.07) is 1.27. The lowest BCUT2D eigenvalue weighted by molar-refractivity contribution is 0.0378. The van der Waals surface area contributed by atoms with Crippen molar-refractivity contribution in [1.29, 1.82) is 0 Å². The van der Waals surface area contributed by atoms with Crippen LogP contribution in [-0.4, -0.2) is 46.2 Å². The van der Waals surface area contributed by atoms with E-state index in [0.717, 1.165) is 11.3 Å². The number of nitrogens with zero attached hydrogens (tertiary/aromatic N) is 2. The standard InChI is InChI=1S/C18H22N4O6S/c1-6-27-17(25)11-7-10(21-22(11)5)15(24)20-16-12(18(26)28-8(2)3)9(4)13(29-16)14(19)23/h7-8H,6H2,1-5H3,(H2,19,23)(H,20,24). The van der Waals surface area contributed by atoms with Crippen LogP contribution >= 0.6 is 11.3 Å². The third-order valence-electron chi connectivity index (χ3n) is 3.74. The summed E-state index contributed by atoms with van der Waals surface area (Å²) in [5.41, 5.74) is 5.76. The molecule has 2 heterocycles. The van der Waals surface area contributed by atoms with E-state index in [2.05, 4.69) is 10.4 Å². The second-order valence-corrected chi connectivity index (χ2v) is 7.31. The van der Waals surface area contributed by atoms with Crippen LogP contribution in [-0.2, 0) is 16.5 Å². The number of carbonyl (C=O) groups is 4. The van der Waals surface area contributed by atoms with Crippen molar-refractivity contribution in [2.45, 2.75) is 33.8 Å². The Labute approximate surface area is 171 Å². The molecule has 0 aliphatic carbocycles. The molecule has 2 aromatic rings. The van der Waals surface area contributed by atoms with Gasteiger partial charge >= 0.3 is 11.9 Å². The van der Waals surface area contributed by atoms with Crippen LogP contribution in [0.4, 0.5) is 5.00 Å². The molecule has 29 heavy (non-hydrogen) atoms. The van der Waals surface area contributed by atoms with Gasteiger partial charge in [0.05, 0.1) is 23.2 Å². The largest absolute Gasteiger partial charge is 0.461 e. The zero-order valence-corrected chi connectivity index (χ0v) is 17.5. The number of aryl methyl sites for hydroxylation is 1. The van der Waals surface area contributed by atoms with E-state index < -0.39 is 29.9 Å². The molecule has 0 aliphatic heterocycles. The van der Waals surface area contributed by atoms with Gasteiger partial charge in [0.2, 0.25) is 0 Å². The van der Waals surface area contributed by atoms with Crippen molar-refractivity contribution in [3.63, 3.8) is 0 Å². The predicted molar refractivity (Wildman–Crippen MR) is 105 cm³/mol. The molecule has 10 nitrogen and oxygen atoms in total. The molecule has 2 rings (SSSR count). The Balaban J connectivity index is 2.38. The third-order valence-corrected chi connectivity index (χ3v) is 4.96. The van der Waals surface area contributed by atoms with E-state index in [9.17, 15) is 19.2 Å². The van der Waals surface area contributed by atoms with Crippen molar-refractivity contribution < 1.29 is 28.7 Å². The average Bonchev–Trinajstić information content (AvgIpc) is 3.15. The number of hydrogen-bond acceptors (Lipinski definition) is 8. The molecule has 2 amide bonds. The van der Waals surface area contributed by atoms with Gasteiger partial charge < -0.3 is 20.5 Å². The van der Waals surface area contributed by atoms with Crippen LogP contribution in [0.1, 0.15) is 67.3 Å². The van der Waals surface area contributed by atoms with E-state index in [4.69, 9.17) is 15.2 Å². The fourth-order valence-corrected chi connectivity index (χ4v) is 3.54. The first kappa shape index (κ1) is 22.1. The molecule has 0 spiro atoms. The topological polar surface area (TPSA) is 143 Å². The number of carbonyl (C=O) groups excluding carboxylic acids is 4. The maximum atomic E-state index is 12.6. The molecule has 0 radical (unpaired) electrons. The smallest absolute Gasteiger partial charge is 0.356 e. The van der Waals surface area contributed by atoms with Crippen LogP contribution in [0.25, 0.3) is 0 Å². The molecule has 0 saturated heterocycles. The van der Waals surface area contributed by atoms with Gasteiger partial charge in [-0.2, -0.15) is 5.10 Å². The van der Waals surface area contributed by atoms with Crippen molar-refractivity contribution in [2.75, 3.05) is 11.9 Å². The Kier molecular flexibility index (Phi) is 6.75. The Morgan fingerprint density at radius 2 is 1.93 bits per heavy atom. The van der Waals surface area contributed by atoms with Crippen LogP contribution in [0.3, 0.4) is 0 Å². The number of aromatic nitrogens is 2. The van der Waals surface area contributed by atoms with Gasteiger partial charge in [-0.3, -0.25) is 14.3 Å². The molecule has 156 valence electrons. The molecule has 0 fully saturated rings. The van der Waals surface area contributed by atoms with E-state index in [1.54, 1.807) is 27.7 Å². The van der Waals surface area contributed by atoms with Crippen molar-refractivity contribution in [3.8, 4) is 0 Å². The van der Waals surface area contributed by atoms with Crippen molar-refractivity contribution in [2.24, 2.45) is 12.8 Å². The summed E-state index contributed by atoms with van der Waals surface area (Å²) < 4.78 is 11.3. The van der Waals surface area contributed by atoms with Gasteiger partial charge in [0.25, 0.3) is 11.8 Å². The summed E-state index contributed by atoms with van der Waals surface area (Å²) >= 11 is 0.865. The highest BCUT2D eigenvalue weighted by atomic mass is 32.1. The Hall–Kier alpha value is -3.21. The van der Waals surface area contributed by atoms with Crippen LogP contribution < -0.4 is 11.1 Å². The van der Waals surface area contributed by atoms with Crippen LogP contribution in [0.5, 0.6) is 0 Å². The number of rotatable bonds is 7. The van der Waals surface area contributed by atoms with Gasteiger partial charge in [-0.25, -0.2) is 9.59 Å². The molecule has 3 N–H and O–H groups in total. The van der Waals surface area contributed by atoms with E-state index in [1.807, 2.05) is 0 Å².